The Labute approximate surface area is 79.7 Å². The van der Waals surface area contributed by atoms with Gasteiger partial charge >= 0.3 is 0 Å². The average Bonchev–Trinajstić information content (AvgIpc) is 2.59. The molecule has 1 atom stereocenters. The fourth-order valence-electron chi connectivity index (χ4n) is 2.27. The van der Waals surface area contributed by atoms with Crippen LogP contribution in [0.2, 0.25) is 0 Å². The predicted molar refractivity (Wildman–Crippen MR) is 55.7 cm³/mol. The van der Waals surface area contributed by atoms with Crippen LogP contribution in [0.3, 0.4) is 0 Å². The van der Waals surface area contributed by atoms with E-state index in [-0.39, 0.29) is 0 Å². The smallest absolute Gasteiger partial charge is 0.0168 e. The lowest BCUT2D eigenvalue weighted by Gasteiger charge is -2.25. The summed E-state index contributed by atoms with van der Waals surface area (Å²) < 4.78 is 0. The summed E-state index contributed by atoms with van der Waals surface area (Å²) in [5.41, 5.74) is 0. The van der Waals surface area contributed by atoms with Gasteiger partial charge in [-0.25, -0.2) is 0 Å². The topological polar surface area (TPSA) is 12.0 Å². The lowest BCUT2D eigenvalue weighted by atomic mass is 9.95. The molecule has 0 aromatic heterocycles. The van der Waals surface area contributed by atoms with Gasteiger partial charge in [0, 0.05) is 17.8 Å². The first-order valence-corrected chi connectivity index (χ1v) is 6.44. The molecule has 0 amide bonds. The zero-order valence-corrected chi connectivity index (χ0v) is 8.54. The van der Waals surface area contributed by atoms with Gasteiger partial charge in [-0.3, -0.25) is 0 Å². The molecule has 0 unspecified atom stereocenters. The van der Waals surface area contributed by atoms with Gasteiger partial charge in [0.15, 0.2) is 0 Å². The first-order chi connectivity index (χ1) is 5.95. The fourth-order valence-corrected chi connectivity index (χ4v) is 3.43. The van der Waals surface area contributed by atoms with Crippen LogP contribution < -0.4 is 5.32 Å². The number of nitrogens with one attached hydrogen (secondary N) is 1. The van der Waals surface area contributed by atoms with Crippen LogP contribution in [0.15, 0.2) is 0 Å². The van der Waals surface area contributed by atoms with Crippen molar-refractivity contribution in [3.63, 3.8) is 0 Å². The second-order valence-electron chi connectivity index (χ2n) is 4.06. The quantitative estimate of drug-likeness (QED) is 0.709. The molecule has 2 aliphatic rings. The average molecular weight is 185 g/mol. The molecule has 2 heteroatoms. The molecule has 2 fully saturated rings. The molecule has 1 N–H and O–H groups in total. The van der Waals surface area contributed by atoms with E-state index in [1.54, 1.807) is 0 Å². The first-order valence-electron chi connectivity index (χ1n) is 5.29. The Balaban J connectivity index is 1.69. The van der Waals surface area contributed by atoms with Crippen LogP contribution >= 0.6 is 11.8 Å². The molecule has 1 saturated heterocycles. The molecule has 1 aliphatic heterocycles. The van der Waals surface area contributed by atoms with Crippen LogP contribution in [0, 0.1) is 0 Å². The van der Waals surface area contributed by atoms with Gasteiger partial charge in [0.05, 0.1) is 0 Å². The molecule has 0 spiro atoms. The molecular formula is C10H19NS. The lowest BCUT2D eigenvalue weighted by molar-refractivity contribution is 0.346. The Morgan fingerprint density at radius 3 is 2.42 bits per heavy atom. The molecule has 1 aliphatic carbocycles. The van der Waals surface area contributed by atoms with Crippen LogP contribution in [-0.2, 0) is 0 Å². The van der Waals surface area contributed by atoms with Crippen molar-refractivity contribution in [2.24, 2.45) is 0 Å². The van der Waals surface area contributed by atoms with Crippen molar-refractivity contribution in [1.29, 1.82) is 0 Å². The van der Waals surface area contributed by atoms with E-state index < -0.39 is 0 Å². The summed E-state index contributed by atoms with van der Waals surface area (Å²) in [5, 5.41) is 3.80. The van der Waals surface area contributed by atoms with Crippen molar-refractivity contribution in [2.75, 3.05) is 11.5 Å². The Morgan fingerprint density at radius 1 is 0.917 bits per heavy atom. The van der Waals surface area contributed by atoms with E-state index in [9.17, 15) is 0 Å². The van der Waals surface area contributed by atoms with Gasteiger partial charge in [0.25, 0.3) is 0 Å². The SMILES string of the molecule is C1CCC(N[C@H]2CCSC2)CC1. The summed E-state index contributed by atoms with van der Waals surface area (Å²) in [6.07, 6.45) is 8.65. The van der Waals surface area contributed by atoms with E-state index in [1.807, 2.05) is 0 Å². The summed E-state index contributed by atoms with van der Waals surface area (Å²) in [5.74, 6) is 2.74. The van der Waals surface area contributed by atoms with Crippen LogP contribution in [0.1, 0.15) is 38.5 Å². The molecule has 2 rings (SSSR count). The number of hydrogen-bond acceptors (Lipinski definition) is 2. The molecule has 1 saturated carbocycles. The second-order valence-corrected chi connectivity index (χ2v) is 5.21. The number of rotatable bonds is 2. The Kier molecular flexibility index (Phi) is 3.35. The third kappa shape index (κ3) is 2.40. The van der Waals surface area contributed by atoms with Crippen LogP contribution in [0.4, 0.5) is 0 Å². The van der Waals surface area contributed by atoms with E-state index in [2.05, 4.69) is 17.1 Å². The van der Waals surface area contributed by atoms with Crippen molar-refractivity contribution in [1.82, 2.24) is 5.32 Å². The van der Waals surface area contributed by atoms with Gasteiger partial charge in [-0.1, -0.05) is 19.3 Å². The van der Waals surface area contributed by atoms with Crippen molar-refractivity contribution in [2.45, 2.75) is 50.6 Å². The maximum atomic E-state index is 3.80. The summed E-state index contributed by atoms with van der Waals surface area (Å²) >= 11 is 2.11. The van der Waals surface area contributed by atoms with Crippen molar-refractivity contribution >= 4 is 11.8 Å². The molecule has 1 heterocycles. The molecule has 0 aromatic rings. The second kappa shape index (κ2) is 4.52. The van der Waals surface area contributed by atoms with Crippen LogP contribution in [0.25, 0.3) is 0 Å². The zero-order valence-electron chi connectivity index (χ0n) is 7.72. The molecule has 1 nitrogen and oxygen atoms in total. The first kappa shape index (κ1) is 8.89. The molecule has 70 valence electrons. The highest BCUT2D eigenvalue weighted by Gasteiger charge is 2.20. The molecular weight excluding hydrogens is 166 g/mol. The van der Waals surface area contributed by atoms with Gasteiger partial charge in [-0.05, 0) is 25.0 Å². The monoisotopic (exact) mass is 185 g/mol. The Hall–Kier alpha value is 0.310. The standard InChI is InChI=1S/C10H19NS/c1-2-4-9(5-3-1)11-10-6-7-12-8-10/h9-11H,1-8H2/t10-/m0/s1. The third-order valence-electron chi connectivity index (χ3n) is 3.01. The van der Waals surface area contributed by atoms with E-state index in [0.717, 1.165) is 12.1 Å². The predicted octanol–water partition coefficient (Wildman–Crippen LogP) is 2.41. The van der Waals surface area contributed by atoms with E-state index in [0.29, 0.717) is 0 Å². The van der Waals surface area contributed by atoms with Crippen LogP contribution in [0.5, 0.6) is 0 Å². The highest BCUT2D eigenvalue weighted by molar-refractivity contribution is 7.99. The van der Waals surface area contributed by atoms with E-state index >= 15 is 0 Å². The van der Waals surface area contributed by atoms with E-state index in [4.69, 9.17) is 0 Å². The Morgan fingerprint density at radius 2 is 1.75 bits per heavy atom. The molecule has 0 radical (unpaired) electrons. The highest BCUT2D eigenvalue weighted by atomic mass is 32.2. The summed E-state index contributed by atoms with van der Waals surface area (Å²) in [6, 6.07) is 1.71. The normalized spacial score (nSPS) is 32.5. The number of thioether (sulfide) groups is 1. The summed E-state index contributed by atoms with van der Waals surface area (Å²) in [4.78, 5) is 0. The molecule has 12 heavy (non-hydrogen) atoms. The number of hydrogen-bond donors (Lipinski definition) is 1. The minimum absolute atomic E-state index is 0.845. The van der Waals surface area contributed by atoms with E-state index in [1.165, 1.54) is 50.0 Å². The van der Waals surface area contributed by atoms with Crippen molar-refractivity contribution < 1.29 is 0 Å². The van der Waals surface area contributed by atoms with Crippen molar-refractivity contribution in [3.8, 4) is 0 Å². The van der Waals surface area contributed by atoms with Gasteiger partial charge in [-0.15, -0.1) is 0 Å². The maximum Gasteiger partial charge on any atom is 0.0168 e. The minimum Gasteiger partial charge on any atom is -0.310 e. The van der Waals surface area contributed by atoms with Crippen LogP contribution in [-0.4, -0.2) is 23.6 Å². The maximum absolute atomic E-state index is 3.80. The minimum atomic E-state index is 0.845. The van der Waals surface area contributed by atoms with Gasteiger partial charge in [-0.2, -0.15) is 11.8 Å². The fraction of sp³-hybridized carbons (Fsp3) is 1.00. The van der Waals surface area contributed by atoms with Crippen molar-refractivity contribution in [3.05, 3.63) is 0 Å². The van der Waals surface area contributed by atoms with Gasteiger partial charge < -0.3 is 5.32 Å². The summed E-state index contributed by atoms with van der Waals surface area (Å²) in [7, 11) is 0. The Bertz CT molecular complexity index is 126. The molecule has 0 bridgehead atoms. The molecule has 0 aromatic carbocycles. The zero-order chi connectivity index (χ0) is 8.23. The van der Waals surface area contributed by atoms with Gasteiger partial charge in [0.2, 0.25) is 0 Å². The summed E-state index contributed by atoms with van der Waals surface area (Å²) in [6.45, 7) is 0. The third-order valence-corrected chi connectivity index (χ3v) is 4.17. The lowest BCUT2D eigenvalue weighted by Crippen LogP contribution is -2.39. The highest BCUT2D eigenvalue weighted by Crippen LogP contribution is 2.22. The largest absolute Gasteiger partial charge is 0.310 e. The van der Waals surface area contributed by atoms with Gasteiger partial charge in [0.1, 0.15) is 0 Å².